The normalized spacial score (nSPS) is 27.3. The second-order valence-corrected chi connectivity index (χ2v) is 5.92. The molecule has 1 heterocycles. The van der Waals surface area contributed by atoms with E-state index in [0.29, 0.717) is 6.08 Å². The highest BCUT2D eigenvalue weighted by Crippen LogP contribution is 2.40. The summed E-state index contributed by atoms with van der Waals surface area (Å²) in [5, 5.41) is 3.53. The van der Waals surface area contributed by atoms with Gasteiger partial charge in [-0.15, -0.1) is 11.6 Å². The van der Waals surface area contributed by atoms with Crippen molar-refractivity contribution in [3.8, 4) is 0 Å². The van der Waals surface area contributed by atoms with Crippen molar-refractivity contribution in [2.75, 3.05) is 0 Å². The second kappa shape index (κ2) is 6.93. The highest BCUT2D eigenvalue weighted by molar-refractivity contribution is 6.23. The van der Waals surface area contributed by atoms with Crippen LogP contribution in [0.2, 0.25) is 0 Å². The minimum atomic E-state index is -5.21. The van der Waals surface area contributed by atoms with Gasteiger partial charge in [-0.05, 0) is 6.08 Å². The van der Waals surface area contributed by atoms with E-state index in [0.717, 1.165) is 0 Å². The zero-order valence-electron chi connectivity index (χ0n) is 12.7. The van der Waals surface area contributed by atoms with Crippen LogP contribution in [0, 0.1) is 0 Å². The number of hydrogen-bond acceptors (Lipinski definition) is 3. The van der Waals surface area contributed by atoms with E-state index < -0.39 is 59.0 Å². The molecule has 1 aliphatic carbocycles. The van der Waals surface area contributed by atoms with Crippen LogP contribution in [0.4, 0.5) is 39.5 Å². The lowest BCUT2D eigenvalue weighted by atomic mass is 9.94. The Bertz CT molecular complexity index is 705. The molecule has 0 radical (unpaired) electrons. The lowest BCUT2D eigenvalue weighted by Crippen LogP contribution is -2.62. The van der Waals surface area contributed by atoms with Gasteiger partial charge < -0.3 is 10.6 Å². The van der Waals surface area contributed by atoms with Gasteiger partial charge in [-0.2, -0.15) is 39.5 Å². The summed E-state index contributed by atoms with van der Waals surface area (Å²) < 4.78 is 116. The Balaban J connectivity index is 2.30. The zero-order valence-corrected chi connectivity index (χ0v) is 13.4. The largest absolute Gasteiger partial charge is 0.431 e. The Morgan fingerprint density at radius 1 is 0.889 bits per heavy atom. The van der Waals surface area contributed by atoms with Crippen molar-refractivity contribution >= 4 is 17.5 Å². The molecule has 0 saturated carbocycles. The second-order valence-electron chi connectivity index (χ2n) is 5.45. The van der Waals surface area contributed by atoms with Crippen LogP contribution in [0.1, 0.15) is 0 Å². The van der Waals surface area contributed by atoms with E-state index >= 15 is 0 Å². The van der Waals surface area contributed by atoms with Gasteiger partial charge in [0.1, 0.15) is 5.70 Å². The van der Waals surface area contributed by atoms with Crippen LogP contribution in [-0.4, -0.2) is 42.1 Å². The minimum Gasteiger partial charge on any atom is -0.349 e. The van der Waals surface area contributed by atoms with E-state index in [9.17, 15) is 44.3 Å². The molecular formula is C13H9ClF9N3O. The van der Waals surface area contributed by atoms with Crippen molar-refractivity contribution in [1.82, 2.24) is 16.0 Å². The van der Waals surface area contributed by atoms with Crippen molar-refractivity contribution in [1.29, 1.82) is 0 Å². The first kappa shape index (κ1) is 21.4. The van der Waals surface area contributed by atoms with Crippen LogP contribution < -0.4 is 16.0 Å². The van der Waals surface area contributed by atoms with Gasteiger partial charge in [-0.1, -0.05) is 6.08 Å². The van der Waals surface area contributed by atoms with E-state index in [1.165, 1.54) is 0 Å². The van der Waals surface area contributed by atoms with E-state index in [4.69, 9.17) is 11.6 Å². The third kappa shape index (κ3) is 5.09. The third-order valence-electron chi connectivity index (χ3n) is 3.46. The molecule has 27 heavy (non-hydrogen) atoms. The first-order valence-electron chi connectivity index (χ1n) is 6.93. The smallest absolute Gasteiger partial charge is 0.349 e. The molecule has 0 fully saturated rings. The molecule has 0 aromatic rings. The van der Waals surface area contributed by atoms with Gasteiger partial charge in [0.25, 0.3) is 0 Å². The van der Waals surface area contributed by atoms with E-state index in [1.54, 1.807) is 5.32 Å². The predicted molar refractivity (Wildman–Crippen MR) is 74.0 cm³/mol. The van der Waals surface area contributed by atoms with Crippen LogP contribution in [0.3, 0.4) is 0 Å². The molecule has 152 valence electrons. The quantitative estimate of drug-likeness (QED) is 0.467. The number of carbonyl (C=O) groups is 1. The maximum atomic E-state index is 13.0. The van der Waals surface area contributed by atoms with Crippen LogP contribution in [-0.2, 0) is 4.79 Å². The molecule has 1 aliphatic heterocycles. The molecule has 4 nitrogen and oxygen atoms in total. The standard InChI is InChI=1S/C13H9ClF9N3O/c14-9-5(12(18,19)20)1-4(11(15,16)17)2-6(9)24-10-25-7(13(21,22)23)3-8(27)26-10/h1-3,6,9-10,24-25H,(H,26,27). The van der Waals surface area contributed by atoms with Crippen LogP contribution >= 0.6 is 11.6 Å². The monoisotopic (exact) mass is 429 g/mol. The van der Waals surface area contributed by atoms with E-state index in [2.05, 4.69) is 0 Å². The molecule has 0 aromatic heterocycles. The number of hydrogen-bond donors (Lipinski definition) is 3. The summed E-state index contributed by atoms with van der Waals surface area (Å²) in [6, 6.07) is -1.89. The maximum Gasteiger partial charge on any atom is 0.431 e. The topological polar surface area (TPSA) is 53.2 Å². The fourth-order valence-electron chi connectivity index (χ4n) is 2.30. The maximum absolute atomic E-state index is 13.0. The zero-order chi connectivity index (χ0) is 20.8. The molecule has 2 rings (SSSR count). The lowest BCUT2D eigenvalue weighted by molar-refractivity contribution is -0.123. The molecule has 1 amide bonds. The molecule has 0 bridgehead atoms. The fourth-order valence-corrected chi connectivity index (χ4v) is 2.63. The highest BCUT2D eigenvalue weighted by Gasteiger charge is 2.47. The Hall–Kier alpha value is -1.89. The number of nitrogens with one attached hydrogen (secondary N) is 3. The Kier molecular flexibility index (Phi) is 5.49. The summed E-state index contributed by atoms with van der Waals surface area (Å²) in [5.74, 6) is -1.26. The van der Waals surface area contributed by atoms with Gasteiger partial charge in [-0.25, -0.2) is 0 Å². The number of carbonyl (C=O) groups excluding carboxylic acids is 1. The number of halogens is 10. The molecule has 0 spiro atoms. The van der Waals surface area contributed by atoms with Crippen molar-refractivity contribution in [2.24, 2.45) is 0 Å². The SMILES string of the molecule is O=C1C=C(C(F)(F)F)NC(NC2C=C(C(F)(F)F)C=C(C(F)(F)F)C2Cl)N1. The molecule has 3 atom stereocenters. The molecule has 0 aromatic carbocycles. The van der Waals surface area contributed by atoms with Crippen molar-refractivity contribution in [2.45, 2.75) is 36.2 Å². The van der Waals surface area contributed by atoms with Gasteiger partial charge >= 0.3 is 18.5 Å². The van der Waals surface area contributed by atoms with E-state index in [-0.39, 0.29) is 12.2 Å². The molecule has 0 saturated heterocycles. The summed E-state index contributed by atoms with van der Waals surface area (Å²) >= 11 is 5.59. The molecule has 2 aliphatic rings. The summed E-state index contributed by atoms with van der Waals surface area (Å²) in [7, 11) is 0. The Morgan fingerprint density at radius 2 is 1.48 bits per heavy atom. The number of allylic oxidation sites excluding steroid dienone is 3. The van der Waals surface area contributed by atoms with Crippen LogP contribution in [0.15, 0.2) is 35.1 Å². The number of amides is 1. The van der Waals surface area contributed by atoms with Crippen LogP contribution in [0.5, 0.6) is 0 Å². The first-order chi connectivity index (χ1) is 12.1. The van der Waals surface area contributed by atoms with Gasteiger partial charge in [-0.3, -0.25) is 10.1 Å². The van der Waals surface area contributed by atoms with Gasteiger partial charge in [0.05, 0.1) is 22.6 Å². The Labute approximate surface area is 150 Å². The number of rotatable bonds is 2. The summed E-state index contributed by atoms with van der Waals surface area (Å²) in [5.41, 5.74) is -4.94. The van der Waals surface area contributed by atoms with Crippen LogP contribution in [0.25, 0.3) is 0 Å². The third-order valence-corrected chi connectivity index (χ3v) is 3.97. The molecular weight excluding hydrogens is 421 g/mol. The molecule has 14 heteroatoms. The van der Waals surface area contributed by atoms with Gasteiger partial charge in [0, 0.05) is 6.08 Å². The van der Waals surface area contributed by atoms with Crippen molar-refractivity contribution in [3.63, 3.8) is 0 Å². The minimum absolute atomic E-state index is 0.148. The Morgan fingerprint density at radius 3 is 1.96 bits per heavy atom. The highest BCUT2D eigenvalue weighted by atomic mass is 35.5. The predicted octanol–water partition coefficient (Wildman–Crippen LogP) is 2.99. The van der Waals surface area contributed by atoms with E-state index in [1.807, 2.05) is 10.6 Å². The average Bonchev–Trinajstić information content (AvgIpc) is 2.45. The van der Waals surface area contributed by atoms with Gasteiger partial charge in [0.15, 0.2) is 6.29 Å². The molecule has 3 unspecified atom stereocenters. The number of alkyl halides is 10. The van der Waals surface area contributed by atoms with Crippen molar-refractivity contribution in [3.05, 3.63) is 35.1 Å². The summed E-state index contributed by atoms with van der Waals surface area (Å²) in [6.07, 6.45) is -16.9. The molecule has 3 N–H and O–H groups in total. The fraction of sp³-hybridized carbons (Fsp3) is 0.462. The van der Waals surface area contributed by atoms with Gasteiger partial charge in [0.2, 0.25) is 5.91 Å². The lowest BCUT2D eigenvalue weighted by Gasteiger charge is -2.35. The summed E-state index contributed by atoms with van der Waals surface area (Å²) in [6.45, 7) is 0. The van der Waals surface area contributed by atoms with Crippen molar-refractivity contribution < 1.29 is 44.3 Å². The first-order valence-corrected chi connectivity index (χ1v) is 7.36. The summed E-state index contributed by atoms with van der Waals surface area (Å²) in [4.78, 5) is 11.3. The average molecular weight is 430 g/mol.